The van der Waals surface area contributed by atoms with Crippen LogP contribution in [0.15, 0.2) is 88.7 Å². The van der Waals surface area contributed by atoms with E-state index in [9.17, 15) is 0 Å². The van der Waals surface area contributed by atoms with Crippen molar-refractivity contribution in [2.75, 3.05) is 36.8 Å². The predicted octanol–water partition coefficient (Wildman–Crippen LogP) is 4.74. The topological polar surface area (TPSA) is 32.5 Å². The van der Waals surface area contributed by atoms with Gasteiger partial charge in [-0.15, -0.1) is 0 Å². The molecule has 1 aliphatic rings. The second-order valence-electron chi connectivity index (χ2n) is 6.85. The summed E-state index contributed by atoms with van der Waals surface area (Å²) in [5.41, 5.74) is 9.68. The minimum absolute atomic E-state index is 0.841. The smallest absolute Gasteiger partial charge is 0.0455 e. The second-order valence-corrected chi connectivity index (χ2v) is 7.93. The number of para-hydroxylation sites is 2. The van der Waals surface area contributed by atoms with E-state index in [1.807, 2.05) is 18.2 Å². The largest absolute Gasteiger partial charge is 0.398 e. The van der Waals surface area contributed by atoms with Crippen molar-refractivity contribution in [2.24, 2.45) is 0 Å². The average Bonchev–Trinajstić information content (AvgIpc) is 2.72. The number of benzene rings is 3. The van der Waals surface area contributed by atoms with Gasteiger partial charge >= 0.3 is 0 Å². The molecule has 0 spiro atoms. The molecule has 138 valence electrons. The highest BCUT2D eigenvalue weighted by Gasteiger charge is 2.18. The van der Waals surface area contributed by atoms with Crippen molar-refractivity contribution in [1.82, 2.24) is 4.90 Å². The van der Waals surface area contributed by atoms with Crippen molar-refractivity contribution in [3.05, 3.63) is 84.4 Å². The van der Waals surface area contributed by atoms with E-state index < -0.39 is 0 Å². The molecule has 1 saturated heterocycles. The molecule has 0 bridgehead atoms. The molecule has 0 aliphatic carbocycles. The molecular weight excluding hydrogens is 350 g/mol. The van der Waals surface area contributed by atoms with Crippen molar-refractivity contribution in [1.29, 1.82) is 0 Å². The number of nitrogens with zero attached hydrogens (tertiary/aromatic N) is 2. The summed E-state index contributed by atoms with van der Waals surface area (Å²) in [5.74, 6) is 0. The molecule has 0 atom stereocenters. The van der Waals surface area contributed by atoms with Crippen LogP contribution >= 0.6 is 11.8 Å². The maximum Gasteiger partial charge on any atom is 0.0455 e. The van der Waals surface area contributed by atoms with E-state index in [0.29, 0.717) is 0 Å². The summed E-state index contributed by atoms with van der Waals surface area (Å²) in [6, 6.07) is 27.5. The molecule has 0 saturated carbocycles. The zero-order valence-corrected chi connectivity index (χ0v) is 16.2. The van der Waals surface area contributed by atoms with E-state index in [4.69, 9.17) is 5.73 Å². The van der Waals surface area contributed by atoms with E-state index in [0.717, 1.165) is 43.3 Å². The molecule has 4 rings (SSSR count). The SMILES string of the molecule is Nc1ccccc1Sc1ccccc1CN1CCN(c2ccccc2)CC1. The van der Waals surface area contributed by atoms with Crippen LogP contribution in [0.2, 0.25) is 0 Å². The van der Waals surface area contributed by atoms with Gasteiger partial charge in [-0.05, 0) is 35.9 Å². The third-order valence-electron chi connectivity index (χ3n) is 5.00. The lowest BCUT2D eigenvalue weighted by atomic mass is 10.2. The molecule has 3 nitrogen and oxygen atoms in total. The zero-order valence-electron chi connectivity index (χ0n) is 15.4. The highest BCUT2D eigenvalue weighted by atomic mass is 32.2. The maximum absolute atomic E-state index is 6.14. The van der Waals surface area contributed by atoms with Gasteiger partial charge in [0.05, 0.1) is 0 Å². The van der Waals surface area contributed by atoms with E-state index in [2.05, 4.69) is 70.5 Å². The molecule has 3 aromatic carbocycles. The minimum Gasteiger partial charge on any atom is -0.398 e. The van der Waals surface area contributed by atoms with E-state index in [1.54, 1.807) is 11.8 Å². The molecule has 0 amide bonds. The van der Waals surface area contributed by atoms with Crippen LogP contribution in [-0.2, 0) is 6.54 Å². The minimum atomic E-state index is 0.841. The maximum atomic E-state index is 6.14. The molecule has 1 aliphatic heterocycles. The number of nitrogens with two attached hydrogens (primary N) is 1. The van der Waals surface area contributed by atoms with Gasteiger partial charge in [-0.25, -0.2) is 0 Å². The highest BCUT2D eigenvalue weighted by molar-refractivity contribution is 7.99. The summed E-state index contributed by atoms with van der Waals surface area (Å²) < 4.78 is 0. The third-order valence-corrected chi connectivity index (χ3v) is 6.21. The molecule has 0 unspecified atom stereocenters. The predicted molar refractivity (Wildman–Crippen MR) is 115 cm³/mol. The molecule has 3 aromatic rings. The van der Waals surface area contributed by atoms with Gasteiger partial charge in [0.2, 0.25) is 0 Å². The number of rotatable bonds is 5. The van der Waals surface area contributed by atoms with Crippen molar-refractivity contribution >= 4 is 23.1 Å². The second kappa shape index (κ2) is 8.51. The number of hydrogen-bond donors (Lipinski definition) is 1. The van der Waals surface area contributed by atoms with Gasteiger partial charge in [-0.2, -0.15) is 0 Å². The Balaban J connectivity index is 1.41. The number of nitrogen functional groups attached to an aromatic ring is 1. The standard InChI is InChI=1S/C23H25N3S/c24-21-11-5-7-13-23(21)27-22-12-6-4-8-19(22)18-25-14-16-26(17-15-25)20-9-2-1-3-10-20/h1-13H,14-18,24H2. The lowest BCUT2D eigenvalue weighted by molar-refractivity contribution is 0.248. The molecule has 0 radical (unpaired) electrons. The first-order valence-corrected chi connectivity index (χ1v) is 10.2. The molecule has 1 heterocycles. The average molecular weight is 376 g/mol. The molecule has 0 aromatic heterocycles. The third kappa shape index (κ3) is 4.46. The van der Waals surface area contributed by atoms with Gasteiger partial charge in [0.1, 0.15) is 0 Å². The number of anilines is 2. The van der Waals surface area contributed by atoms with Crippen LogP contribution in [-0.4, -0.2) is 31.1 Å². The monoisotopic (exact) mass is 375 g/mol. The molecule has 1 fully saturated rings. The lowest BCUT2D eigenvalue weighted by Gasteiger charge is -2.36. The van der Waals surface area contributed by atoms with Gasteiger partial charge in [0, 0.05) is 53.9 Å². The van der Waals surface area contributed by atoms with E-state index >= 15 is 0 Å². The van der Waals surface area contributed by atoms with Crippen molar-refractivity contribution < 1.29 is 0 Å². The normalized spacial score (nSPS) is 15.0. The quantitative estimate of drug-likeness (QED) is 0.653. The van der Waals surface area contributed by atoms with E-state index in [1.165, 1.54) is 16.1 Å². The van der Waals surface area contributed by atoms with Gasteiger partial charge in [-0.3, -0.25) is 4.90 Å². The van der Waals surface area contributed by atoms with Crippen molar-refractivity contribution in [3.63, 3.8) is 0 Å². The van der Waals surface area contributed by atoms with Gasteiger partial charge in [-0.1, -0.05) is 60.3 Å². The summed E-state index contributed by atoms with van der Waals surface area (Å²) in [5, 5.41) is 0. The Bertz CT molecular complexity index is 874. The van der Waals surface area contributed by atoms with Crippen LogP contribution in [0.3, 0.4) is 0 Å². The fourth-order valence-corrected chi connectivity index (χ4v) is 4.45. The van der Waals surface area contributed by atoms with Crippen LogP contribution in [0.4, 0.5) is 11.4 Å². The Labute approximate surface area is 165 Å². The Kier molecular flexibility index (Phi) is 5.66. The van der Waals surface area contributed by atoms with Crippen LogP contribution in [0.1, 0.15) is 5.56 Å². The van der Waals surface area contributed by atoms with Crippen LogP contribution in [0.25, 0.3) is 0 Å². The Morgan fingerprint density at radius 3 is 2.07 bits per heavy atom. The fourth-order valence-electron chi connectivity index (χ4n) is 3.47. The van der Waals surface area contributed by atoms with Gasteiger partial charge in [0.25, 0.3) is 0 Å². The fraction of sp³-hybridized carbons (Fsp3) is 0.217. The highest BCUT2D eigenvalue weighted by Crippen LogP contribution is 2.34. The number of hydrogen-bond acceptors (Lipinski definition) is 4. The summed E-state index contributed by atoms with van der Waals surface area (Å²) in [4.78, 5) is 7.44. The first kappa shape index (κ1) is 18.0. The summed E-state index contributed by atoms with van der Waals surface area (Å²) in [7, 11) is 0. The van der Waals surface area contributed by atoms with E-state index in [-0.39, 0.29) is 0 Å². The van der Waals surface area contributed by atoms with Crippen molar-refractivity contribution in [3.8, 4) is 0 Å². The van der Waals surface area contributed by atoms with Crippen LogP contribution in [0, 0.1) is 0 Å². The number of piperazine rings is 1. The molecule has 4 heteroatoms. The first-order chi connectivity index (χ1) is 13.3. The summed E-state index contributed by atoms with van der Waals surface area (Å²) >= 11 is 1.76. The van der Waals surface area contributed by atoms with Crippen LogP contribution in [0.5, 0.6) is 0 Å². The van der Waals surface area contributed by atoms with Crippen molar-refractivity contribution in [2.45, 2.75) is 16.3 Å². The Hall–Kier alpha value is -2.43. The molecule has 2 N–H and O–H groups in total. The van der Waals surface area contributed by atoms with Crippen LogP contribution < -0.4 is 10.6 Å². The zero-order chi connectivity index (χ0) is 18.5. The molecular formula is C23H25N3S. The lowest BCUT2D eigenvalue weighted by Crippen LogP contribution is -2.46. The molecule has 27 heavy (non-hydrogen) atoms. The summed E-state index contributed by atoms with van der Waals surface area (Å²) in [6.07, 6.45) is 0. The van der Waals surface area contributed by atoms with Gasteiger partial charge < -0.3 is 10.6 Å². The first-order valence-electron chi connectivity index (χ1n) is 9.42. The summed E-state index contributed by atoms with van der Waals surface area (Å²) in [6.45, 7) is 5.30. The Morgan fingerprint density at radius 2 is 1.33 bits per heavy atom. The van der Waals surface area contributed by atoms with Gasteiger partial charge in [0.15, 0.2) is 0 Å². The Morgan fingerprint density at radius 1 is 0.704 bits per heavy atom.